The van der Waals surface area contributed by atoms with Crippen LogP contribution in [-0.2, 0) is 24.5 Å². The molecular weight excluding hydrogens is 496 g/mol. The normalized spacial score (nSPS) is 12.9. The molecule has 4 nitrogen and oxygen atoms in total. The summed E-state index contributed by atoms with van der Waals surface area (Å²) in [5.74, 6) is -1.07. The van der Waals surface area contributed by atoms with Crippen molar-refractivity contribution < 1.29 is 19.1 Å². The fraction of sp³-hybridized carbons (Fsp3) is 0.111. The average molecular weight is 525 g/mol. The minimum Gasteiger partial charge on any atom is -0.461 e. The highest BCUT2D eigenvalue weighted by molar-refractivity contribution is 6.15. The van der Waals surface area contributed by atoms with E-state index in [1.165, 1.54) is 16.3 Å². The molecule has 0 fully saturated rings. The van der Waals surface area contributed by atoms with Gasteiger partial charge in [-0.25, -0.2) is 9.59 Å². The lowest BCUT2D eigenvalue weighted by Gasteiger charge is -2.31. The Morgan fingerprint density at radius 2 is 1.18 bits per heavy atom. The molecule has 1 aliphatic carbocycles. The first-order valence-corrected chi connectivity index (χ1v) is 13.2. The predicted molar refractivity (Wildman–Crippen MR) is 160 cm³/mol. The van der Waals surface area contributed by atoms with E-state index in [0.29, 0.717) is 0 Å². The Hall–Kier alpha value is -4.96. The Morgan fingerprint density at radius 3 is 1.75 bits per heavy atom. The highest BCUT2D eigenvalue weighted by Gasteiger charge is 2.46. The number of hydrogen-bond acceptors (Lipinski definition) is 4. The third kappa shape index (κ3) is 3.92. The molecule has 0 unspecified atom stereocenters. The average Bonchev–Trinajstić information content (AvgIpc) is 3.28. The number of aryl methyl sites for hydroxylation is 1. The summed E-state index contributed by atoms with van der Waals surface area (Å²) in [6, 6.07) is 31.4. The Kier molecular flexibility index (Phi) is 6.31. The van der Waals surface area contributed by atoms with Crippen LogP contribution in [0.3, 0.4) is 0 Å². The zero-order chi connectivity index (χ0) is 27.9. The predicted octanol–water partition coefficient (Wildman–Crippen LogP) is 7.69. The van der Waals surface area contributed by atoms with Crippen molar-refractivity contribution in [1.29, 1.82) is 0 Å². The summed E-state index contributed by atoms with van der Waals surface area (Å²) in [6.07, 6.45) is 2.29. The standard InChI is InChI=1S/C36H28O4/c1-4-33(37)39-21-36(22-40-34(38)5-2)31-17-11-10-14-27(31)28-19-18-24(20-32(28)36)35-29-15-8-6-12-25(29)23(3)26-13-7-9-16-30(26)35/h4-20H,1-2,21-22H2,3H3. The van der Waals surface area contributed by atoms with E-state index in [-0.39, 0.29) is 13.2 Å². The van der Waals surface area contributed by atoms with E-state index in [2.05, 4.69) is 92.9 Å². The molecule has 0 saturated carbocycles. The number of benzene rings is 5. The maximum absolute atomic E-state index is 12.3. The summed E-state index contributed by atoms with van der Waals surface area (Å²) in [5.41, 5.74) is 6.42. The van der Waals surface area contributed by atoms with Gasteiger partial charge in [0.15, 0.2) is 0 Å². The lowest BCUT2D eigenvalue weighted by Crippen LogP contribution is -2.38. The lowest BCUT2D eigenvalue weighted by molar-refractivity contribution is -0.143. The van der Waals surface area contributed by atoms with Crippen LogP contribution in [0.25, 0.3) is 43.8 Å². The van der Waals surface area contributed by atoms with Gasteiger partial charge in [0, 0.05) is 12.2 Å². The molecule has 5 aromatic carbocycles. The quantitative estimate of drug-likeness (QED) is 0.124. The number of fused-ring (bicyclic) bond motifs is 5. The Labute approximate surface area is 233 Å². The summed E-state index contributed by atoms with van der Waals surface area (Å²) < 4.78 is 11.4. The van der Waals surface area contributed by atoms with Gasteiger partial charge in [0.2, 0.25) is 0 Å². The molecule has 6 rings (SSSR count). The van der Waals surface area contributed by atoms with E-state index in [1.54, 1.807) is 0 Å². The first-order chi connectivity index (χ1) is 19.5. The van der Waals surface area contributed by atoms with Crippen LogP contribution in [0.2, 0.25) is 0 Å². The van der Waals surface area contributed by atoms with E-state index in [1.807, 2.05) is 18.2 Å². The van der Waals surface area contributed by atoms with Crippen molar-refractivity contribution in [3.8, 4) is 22.3 Å². The lowest BCUT2D eigenvalue weighted by atomic mass is 9.78. The molecule has 0 radical (unpaired) electrons. The van der Waals surface area contributed by atoms with Crippen molar-refractivity contribution >= 4 is 33.5 Å². The van der Waals surface area contributed by atoms with Crippen LogP contribution in [0.5, 0.6) is 0 Å². The Morgan fingerprint density at radius 1 is 0.675 bits per heavy atom. The molecule has 196 valence electrons. The number of esters is 2. The second-order valence-electron chi connectivity index (χ2n) is 10.1. The minimum absolute atomic E-state index is 0.00879. The van der Waals surface area contributed by atoms with Gasteiger partial charge in [-0.1, -0.05) is 98.1 Å². The van der Waals surface area contributed by atoms with E-state index < -0.39 is 17.4 Å². The van der Waals surface area contributed by atoms with Gasteiger partial charge in [-0.2, -0.15) is 0 Å². The third-order valence-corrected chi connectivity index (χ3v) is 8.01. The molecule has 5 aromatic rings. The highest BCUT2D eigenvalue weighted by Crippen LogP contribution is 2.51. The van der Waals surface area contributed by atoms with Crippen molar-refractivity contribution in [2.75, 3.05) is 13.2 Å². The third-order valence-electron chi connectivity index (χ3n) is 8.01. The number of rotatable bonds is 7. The Bertz CT molecular complexity index is 1760. The molecule has 0 amide bonds. The van der Waals surface area contributed by atoms with Crippen LogP contribution in [0.15, 0.2) is 116 Å². The molecule has 40 heavy (non-hydrogen) atoms. The van der Waals surface area contributed by atoms with E-state index in [9.17, 15) is 9.59 Å². The zero-order valence-electron chi connectivity index (χ0n) is 22.3. The van der Waals surface area contributed by atoms with Crippen LogP contribution >= 0.6 is 0 Å². The van der Waals surface area contributed by atoms with Gasteiger partial charge >= 0.3 is 11.9 Å². The fourth-order valence-corrected chi connectivity index (χ4v) is 6.13. The van der Waals surface area contributed by atoms with Gasteiger partial charge in [-0.3, -0.25) is 0 Å². The summed E-state index contributed by atoms with van der Waals surface area (Å²) in [4.78, 5) is 24.6. The van der Waals surface area contributed by atoms with E-state index in [4.69, 9.17) is 9.47 Å². The first-order valence-electron chi connectivity index (χ1n) is 13.2. The molecule has 0 aromatic heterocycles. The van der Waals surface area contributed by atoms with Gasteiger partial charge < -0.3 is 9.47 Å². The Balaban J connectivity index is 1.63. The number of ether oxygens (including phenoxy) is 2. The number of carbonyl (C=O) groups is 2. The first kappa shape index (κ1) is 25.3. The van der Waals surface area contributed by atoms with Gasteiger partial charge in [0.25, 0.3) is 0 Å². The smallest absolute Gasteiger partial charge is 0.330 e. The topological polar surface area (TPSA) is 52.6 Å². The molecule has 0 heterocycles. The summed E-state index contributed by atoms with van der Waals surface area (Å²) in [5, 5.41) is 4.73. The van der Waals surface area contributed by atoms with Crippen LogP contribution in [0, 0.1) is 6.92 Å². The molecule has 0 saturated heterocycles. The van der Waals surface area contributed by atoms with Crippen molar-refractivity contribution in [3.63, 3.8) is 0 Å². The molecular formula is C36H28O4. The van der Waals surface area contributed by atoms with Crippen molar-refractivity contribution in [2.24, 2.45) is 0 Å². The van der Waals surface area contributed by atoms with Gasteiger partial charge in [-0.15, -0.1) is 0 Å². The summed E-state index contributed by atoms with van der Waals surface area (Å²) in [7, 11) is 0. The minimum atomic E-state index is -0.907. The second kappa shape index (κ2) is 9.97. The van der Waals surface area contributed by atoms with Gasteiger partial charge in [0.05, 0.1) is 5.41 Å². The van der Waals surface area contributed by atoms with Gasteiger partial charge in [0.1, 0.15) is 13.2 Å². The van der Waals surface area contributed by atoms with Crippen LogP contribution in [0.4, 0.5) is 0 Å². The van der Waals surface area contributed by atoms with Crippen LogP contribution in [-0.4, -0.2) is 25.2 Å². The molecule has 0 atom stereocenters. The molecule has 0 bridgehead atoms. The van der Waals surface area contributed by atoms with Crippen molar-refractivity contribution in [2.45, 2.75) is 12.3 Å². The molecule has 1 aliphatic rings. The zero-order valence-corrected chi connectivity index (χ0v) is 22.3. The largest absolute Gasteiger partial charge is 0.461 e. The maximum atomic E-state index is 12.3. The molecule has 0 N–H and O–H groups in total. The van der Waals surface area contributed by atoms with E-state index in [0.717, 1.165) is 56.3 Å². The highest BCUT2D eigenvalue weighted by atomic mass is 16.5. The van der Waals surface area contributed by atoms with E-state index >= 15 is 0 Å². The SMILES string of the molecule is C=CC(=O)OCC1(COC(=O)C=C)c2ccccc2-c2ccc(-c3c4ccccc4c(C)c4ccccc34)cc21. The second-order valence-corrected chi connectivity index (χ2v) is 10.1. The summed E-state index contributed by atoms with van der Waals surface area (Å²) in [6.45, 7) is 9.25. The fourth-order valence-electron chi connectivity index (χ4n) is 6.13. The van der Waals surface area contributed by atoms with Crippen LogP contribution in [0.1, 0.15) is 16.7 Å². The molecule has 0 spiro atoms. The van der Waals surface area contributed by atoms with Crippen molar-refractivity contribution in [3.05, 3.63) is 133 Å². The summed E-state index contributed by atoms with van der Waals surface area (Å²) >= 11 is 0. The van der Waals surface area contributed by atoms with Gasteiger partial charge in [-0.05, 0) is 73.5 Å². The molecule has 0 aliphatic heterocycles. The van der Waals surface area contributed by atoms with Crippen molar-refractivity contribution in [1.82, 2.24) is 0 Å². The van der Waals surface area contributed by atoms with Crippen LogP contribution < -0.4 is 0 Å². The number of carbonyl (C=O) groups excluding carboxylic acids is 2. The monoisotopic (exact) mass is 524 g/mol. The maximum Gasteiger partial charge on any atom is 0.330 e. The number of hydrogen-bond donors (Lipinski definition) is 0. The molecule has 4 heteroatoms.